The van der Waals surface area contributed by atoms with Gasteiger partial charge in [-0.05, 0) is 38.1 Å². The molecule has 0 unspecified atom stereocenters. The molecule has 0 aromatic heterocycles. The molecule has 0 amide bonds. The van der Waals surface area contributed by atoms with Crippen molar-refractivity contribution in [1.82, 2.24) is 14.7 Å². The van der Waals surface area contributed by atoms with Crippen molar-refractivity contribution < 1.29 is 9.90 Å². The molecular formula is C23H35N3O2. The molecule has 4 rings (SSSR count). The van der Waals surface area contributed by atoms with E-state index in [4.69, 9.17) is 0 Å². The Morgan fingerprint density at radius 1 is 1.14 bits per heavy atom. The molecule has 0 radical (unpaired) electrons. The average molecular weight is 386 g/mol. The first-order valence-electron chi connectivity index (χ1n) is 10.9. The van der Waals surface area contributed by atoms with Crippen LogP contribution in [0.15, 0.2) is 24.3 Å². The third-order valence-electron chi connectivity index (χ3n) is 7.12. The summed E-state index contributed by atoms with van der Waals surface area (Å²) in [6.45, 7) is 5.10. The fourth-order valence-corrected chi connectivity index (χ4v) is 5.81. The maximum Gasteiger partial charge on any atom is 0.312 e. The molecule has 1 aromatic rings. The number of aliphatic carboxylic acids is 1. The number of hydrogen-bond donors (Lipinski definition) is 1. The van der Waals surface area contributed by atoms with Gasteiger partial charge in [0.15, 0.2) is 0 Å². The Morgan fingerprint density at radius 2 is 1.89 bits per heavy atom. The van der Waals surface area contributed by atoms with Crippen LogP contribution in [0.1, 0.15) is 43.2 Å². The van der Waals surface area contributed by atoms with Gasteiger partial charge in [0.2, 0.25) is 0 Å². The van der Waals surface area contributed by atoms with Crippen molar-refractivity contribution >= 4 is 5.97 Å². The molecule has 5 heteroatoms. The van der Waals surface area contributed by atoms with Gasteiger partial charge in [-0.1, -0.05) is 43.5 Å². The van der Waals surface area contributed by atoms with Gasteiger partial charge >= 0.3 is 5.97 Å². The van der Waals surface area contributed by atoms with Gasteiger partial charge in [0.1, 0.15) is 0 Å². The molecule has 3 aliphatic rings. The highest BCUT2D eigenvalue weighted by molar-refractivity contribution is 5.77. The largest absolute Gasteiger partial charge is 0.481 e. The molecule has 0 bridgehead atoms. The number of carboxylic acid groups (broad SMARTS) is 1. The molecule has 28 heavy (non-hydrogen) atoms. The second kappa shape index (κ2) is 8.13. The predicted octanol–water partition coefficient (Wildman–Crippen LogP) is 2.90. The van der Waals surface area contributed by atoms with Gasteiger partial charge in [0.25, 0.3) is 0 Å². The van der Waals surface area contributed by atoms with Crippen molar-refractivity contribution in [1.29, 1.82) is 0 Å². The number of hydrogen-bond acceptors (Lipinski definition) is 4. The van der Waals surface area contributed by atoms with Crippen molar-refractivity contribution in [2.45, 2.75) is 51.2 Å². The van der Waals surface area contributed by atoms with E-state index in [0.717, 1.165) is 32.7 Å². The van der Waals surface area contributed by atoms with Crippen LogP contribution in [0.3, 0.4) is 0 Å². The smallest absolute Gasteiger partial charge is 0.312 e. The first-order chi connectivity index (χ1) is 13.5. The maximum absolute atomic E-state index is 12.3. The van der Waals surface area contributed by atoms with Crippen LogP contribution in [0, 0.1) is 11.3 Å². The molecule has 3 fully saturated rings. The van der Waals surface area contributed by atoms with E-state index in [1.807, 2.05) is 0 Å². The van der Waals surface area contributed by atoms with Gasteiger partial charge in [-0.25, -0.2) is 0 Å². The SMILES string of the molecule is CN(C)Cc1cccc(CN2C[C@H]3CN(C4CCCCC4)C[C@@]3(C(=O)O)C2)c1. The Hall–Kier alpha value is -1.43. The fourth-order valence-electron chi connectivity index (χ4n) is 5.81. The molecule has 0 spiro atoms. The van der Waals surface area contributed by atoms with Gasteiger partial charge in [0.05, 0.1) is 5.41 Å². The molecule has 1 N–H and O–H groups in total. The molecule has 2 saturated heterocycles. The number of nitrogens with zero attached hydrogens (tertiary/aromatic N) is 3. The van der Waals surface area contributed by atoms with Gasteiger partial charge in [-0.15, -0.1) is 0 Å². The minimum absolute atomic E-state index is 0.261. The van der Waals surface area contributed by atoms with Crippen LogP contribution in [-0.2, 0) is 17.9 Å². The van der Waals surface area contributed by atoms with Crippen LogP contribution >= 0.6 is 0 Å². The second-order valence-corrected chi connectivity index (χ2v) is 9.61. The Morgan fingerprint density at radius 3 is 2.57 bits per heavy atom. The van der Waals surface area contributed by atoms with E-state index < -0.39 is 11.4 Å². The highest BCUT2D eigenvalue weighted by Gasteiger charge is 2.58. The van der Waals surface area contributed by atoms with Crippen LogP contribution in [0.4, 0.5) is 0 Å². The van der Waals surface area contributed by atoms with Crippen molar-refractivity contribution in [2.75, 3.05) is 40.3 Å². The third kappa shape index (κ3) is 3.98. The van der Waals surface area contributed by atoms with E-state index in [1.54, 1.807) is 0 Å². The summed E-state index contributed by atoms with van der Waals surface area (Å²) in [5.74, 6) is -0.323. The normalized spacial score (nSPS) is 29.5. The molecule has 1 saturated carbocycles. The highest BCUT2D eigenvalue weighted by Crippen LogP contribution is 2.45. The summed E-state index contributed by atoms with van der Waals surface area (Å²) in [5, 5.41) is 10.2. The molecule has 1 aromatic carbocycles. The first kappa shape index (κ1) is 19.9. The average Bonchev–Trinajstić information content (AvgIpc) is 3.17. The molecule has 154 valence electrons. The van der Waals surface area contributed by atoms with Gasteiger partial charge in [-0.3, -0.25) is 14.6 Å². The number of carbonyl (C=O) groups is 1. The molecule has 5 nitrogen and oxygen atoms in total. The Kier molecular flexibility index (Phi) is 5.77. The number of fused-ring (bicyclic) bond motifs is 1. The quantitative estimate of drug-likeness (QED) is 0.816. The van der Waals surface area contributed by atoms with Crippen molar-refractivity contribution in [2.24, 2.45) is 11.3 Å². The van der Waals surface area contributed by atoms with Crippen molar-refractivity contribution in [3.8, 4) is 0 Å². The summed E-state index contributed by atoms with van der Waals surface area (Å²) in [4.78, 5) is 19.4. The van der Waals surface area contributed by atoms with Crippen LogP contribution < -0.4 is 0 Å². The lowest BCUT2D eigenvalue weighted by atomic mass is 9.81. The zero-order valence-electron chi connectivity index (χ0n) is 17.4. The minimum atomic E-state index is -0.584. The van der Waals surface area contributed by atoms with Crippen LogP contribution in [0.25, 0.3) is 0 Å². The summed E-state index contributed by atoms with van der Waals surface area (Å²) >= 11 is 0. The zero-order chi connectivity index (χ0) is 19.7. The van der Waals surface area contributed by atoms with E-state index in [0.29, 0.717) is 12.6 Å². The Labute approximate surface area is 169 Å². The standard InChI is InChI=1S/C23H35N3O2/c1-24(2)12-18-7-6-8-19(11-18)13-25-14-20-15-26(21-9-4-3-5-10-21)17-23(20,16-25)22(27)28/h6-8,11,20-21H,3-5,9-10,12-17H2,1-2H3,(H,27,28)/t20-,23-/m0/s1. The molecule has 2 atom stereocenters. The van der Waals surface area contributed by atoms with E-state index in [2.05, 4.69) is 53.1 Å². The lowest BCUT2D eigenvalue weighted by Crippen LogP contribution is -2.43. The summed E-state index contributed by atoms with van der Waals surface area (Å²) in [6.07, 6.45) is 6.47. The summed E-state index contributed by atoms with van der Waals surface area (Å²) in [7, 11) is 4.17. The van der Waals surface area contributed by atoms with Gasteiger partial charge in [-0.2, -0.15) is 0 Å². The van der Waals surface area contributed by atoms with E-state index in [9.17, 15) is 9.90 Å². The minimum Gasteiger partial charge on any atom is -0.481 e. The number of benzene rings is 1. The Bertz CT molecular complexity index is 701. The van der Waals surface area contributed by atoms with Crippen molar-refractivity contribution in [3.05, 3.63) is 35.4 Å². The second-order valence-electron chi connectivity index (χ2n) is 9.61. The topological polar surface area (TPSA) is 47.0 Å². The molecular weight excluding hydrogens is 350 g/mol. The lowest BCUT2D eigenvalue weighted by Gasteiger charge is -2.33. The molecule has 2 aliphatic heterocycles. The monoisotopic (exact) mass is 385 g/mol. The van der Waals surface area contributed by atoms with Crippen LogP contribution in [0.5, 0.6) is 0 Å². The zero-order valence-corrected chi connectivity index (χ0v) is 17.4. The summed E-state index contributed by atoms with van der Waals surface area (Å²) < 4.78 is 0. The fraction of sp³-hybridized carbons (Fsp3) is 0.696. The molecule has 2 heterocycles. The number of rotatable bonds is 6. The predicted molar refractivity (Wildman–Crippen MR) is 111 cm³/mol. The summed E-state index contributed by atoms with van der Waals surface area (Å²) in [5.41, 5.74) is 2.04. The van der Waals surface area contributed by atoms with Gasteiger partial charge < -0.3 is 10.0 Å². The van der Waals surface area contributed by atoms with E-state index in [-0.39, 0.29) is 5.92 Å². The number of carboxylic acids is 1. The van der Waals surface area contributed by atoms with Gasteiger partial charge in [0, 0.05) is 51.2 Å². The summed E-state index contributed by atoms with van der Waals surface area (Å²) in [6, 6.07) is 9.36. The number of likely N-dealkylation sites (tertiary alicyclic amines) is 2. The maximum atomic E-state index is 12.3. The van der Waals surface area contributed by atoms with Crippen LogP contribution in [-0.4, -0.2) is 72.1 Å². The Balaban J connectivity index is 1.43. The van der Waals surface area contributed by atoms with Crippen LogP contribution in [0.2, 0.25) is 0 Å². The van der Waals surface area contributed by atoms with E-state index in [1.165, 1.54) is 43.2 Å². The first-order valence-corrected chi connectivity index (χ1v) is 10.9. The molecule has 1 aliphatic carbocycles. The highest BCUT2D eigenvalue weighted by atomic mass is 16.4. The lowest BCUT2D eigenvalue weighted by molar-refractivity contribution is -0.149. The van der Waals surface area contributed by atoms with E-state index >= 15 is 0 Å². The third-order valence-corrected chi connectivity index (χ3v) is 7.12. The van der Waals surface area contributed by atoms with Crippen molar-refractivity contribution in [3.63, 3.8) is 0 Å².